The van der Waals surface area contributed by atoms with Gasteiger partial charge in [0.05, 0.1) is 60.9 Å². The third-order valence-corrected chi connectivity index (χ3v) is 9.75. The number of hydrogen-bond acceptors (Lipinski definition) is 9. The summed E-state index contributed by atoms with van der Waals surface area (Å²) in [5.41, 5.74) is 5.05. The average molecular weight is 678 g/mol. The summed E-state index contributed by atoms with van der Waals surface area (Å²) in [7, 11) is 4.66. The molecule has 0 aromatic heterocycles. The smallest absolute Gasteiger partial charge is 0.242 e. The van der Waals surface area contributed by atoms with Gasteiger partial charge >= 0.3 is 0 Å². The molecule has 6 N–H and O–H groups in total. The third-order valence-electron chi connectivity index (χ3n) is 9.75. The molecule has 1 saturated heterocycles. The van der Waals surface area contributed by atoms with Crippen LogP contribution in [0.3, 0.4) is 0 Å². The van der Waals surface area contributed by atoms with Crippen molar-refractivity contribution in [1.82, 2.24) is 20.4 Å². The van der Waals surface area contributed by atoms with Gasteiger partial charge in [0.2, 0.25) is 23.6 Å². The molecule has 9 atom stereocenters. The van der Waals surface area contributed by atoms with Crippen LogP contribution in [-0.2, 0) is 28.7 Å². The number of ether oxygens (including phenoxy) is 2. The fraction of sp³-hybridized carbons (Fsp3) is 0.714. The summed E-state index contributed by atoms with van der Waals surface area (Å²) in [6.07, 6.45) is -0.0388. The molecule has 13 heteroatoms. The molecule has 1 aromatic rings. The highest BCUT2D eigenvalue weighted by Crippen LogP contribution is 2.29. The molecule has 1 fully saturated rings. The third kappa shape index (κ3) is 10.7. The predicted molar refractivity (Wildman–Crippen MR) is 182 cm³/mol. The van der Waals surface area contributed by atoms with Crippen LogP contribution in [0.5, 0.6) is 0 Å². The van der Waals surface area contributed by atoms with Crippen LogP contribution in [0, 0.1) is 11.8 Å². The van der Waals surface area contributed by atoms with E-state index in [-0.39, 0.29) is 36.7 Å². The molecule has 48 heavy (non-hydrogen) atoms. The molecule has 4 amide bonds. The molecule has 1 aliphatic heterocycles. The highest BCUT2D eigenvalue weighted by atomic mass is 16.5. The maximum absolute atomic E-state index is 13.9. The van der Waals surface area contributed by atoms with Crippen LogP contribution in [0.25, 0.3) is 0 Å². The van der Waals surface area contributed by atoms with Gasteiger partial charge in [-0.05, 0) is 45.1 Å². The Morgan fingerprint density at radius 2 is 1.71 bits per heavy atom. The average Bonchev–Trinajstić information content (AvgIpc) is 3.55. The summed E-state index contributed by atoms with van der Waals surface area (Å²) < 4.78 is 11.7. The number of likely N-dealkylation sites (N-methyl/N-ethyl adjacent to an activating group) is 1. The number of rotatable bonds is 18. The second-order valence-corrected chi connectivity index (χ2v) is 13.6. The predicted octanol–water partition coefficient (Wildman–Crippen LogP) is 1.36. The second-order valence-electron chi connectivity index (χ2n) is 13.6. The van der Waals surface area contributed by atoms with Gasteiger partial charge in [-0.25, -0.2) is 0 Å². The lowest BCUT2D eigenvalue weighted by Crippen LogP contribution is -2.57. The van der Waals surface area contributed by atoms with E-state index in [1.54, 1.807) is 37.9 Å². The van der Waals surface area contributed by atoms with Crippen molar-refractivity contribution in [3.63, 3.8) is 0 Å². The number of methoxy groups -OCH3 is 2. The first-order valence-corrected chi connectivity index (χ1v) is 16.9. The van der Waals surface area contributed by atoms with Gasteiger partial charge in [-0.15, -0.1) is 0 Å². The van der Waals surface area contributed by atoms with Crippen molar-refractivity contribution in [2.45, 2.75) is 115 Å². The van der Waals surface area contributed by atoms with Gasteiger partial charge < -0.3 is 45.9 Å². The minimum Gasteiger partial charge on any atom is -0.388 e. The van der Waals surface area contributed by atoms with Gasteiger partial charge in [0.15, 0.2) is 0 Å². The van der Waals surface area contributed by atoms with Gasteiger partial charge in [-0.2, -0.15) is 0 Å². The summed E-state index contributed by atoms with van der Waals surface area (Å²) in [5.74, 6) is -2.18. The molecule has 1 aromatic carbocycles. The molecule has 272 valence electrons. The number of nitrogens with one attached hydrogen (secondary N) is 2. The van der Waals surface area contributed by atoms with E-state index >= 15 is 0 Å². The number of aliphatic hydroxyl groups excluding tert-OH is 1. The molecule has 2 rings (SSSR count). The number of nitrogens with zero attached hydrogens (tertiary/aromatic N) is 2. The minimum absolute atomic E-state index is 0.00707. The fourth-order valence-corrected chi connectivity index (χ4v) is 6.42. The van der Waals surface area contributed by atoms with Crippen LogP contribution in [-0.4, -0.2) is 120 Å². The van der Waals surface area contributed by atoms with Crippen molar-refractivity contribution in [3.8, 4) is 0 Å². The number of aliphatic hydroxyl groups is 2. The van der Waals surface area contributed by atoms with E-state index < -0.39 is 59.8 Å². The van der Waals surface area contributed by atoms with E-state index in [1.165, 1.54) is 33.0 Å². The SMILES string of the molecule is CCC(C)C(C(CC(=O)N1CCCC1C(OC)C(C)C(=O)NC(C)C(O)c1ccccc1)OC)N(C)C(=O)CNC(=O)C(N)C(C)(C)O. The molecule has 9 unspecified atom stereocenters. The van der Waals surface area contributed by atoms with Gasteiger partial charge in [0.1, 0.15) is 6.04 Å². The van der Waals surface area contributed by atoms with Crippen LogP contribution in [0.2, 0.25) is 0 Å². The maximum Gasteiger partial charge on any atom is 0.242 e. The van der Waals surface area contributed by atoms with Crippen LogP contribution in [0.1, 0.15) is 78.9 Å². The highest BCUT2D eigenvalue weighted by Gasteiger charge is 2.42. The van der Waals surface area contributed by atoms with E-state index in [2.05, 4.69) is 10.6 Å². The van der Waals surface area contributed by atoms with Gasteiger partial charge in [-0.1, -0.05) is 57.5 Å². The van der Waals surface area contributed by atoms with Gasteiger partial charge in [0.25, 0.3) is 0 Å². The Labute approximate surface area is 285 Å². The molecule has 1 heterocycles. The first kappa shape index (κ1) is 41.1. The van der Waals surface area contributed by atoms with E-state index in [9.17, 15) is 29.4 Å². The molecule has 0 bridgehead atoms. The lowest BCUT2D eigenvalue weighted by atomic mass is 9.90. The molecule has 0 aliphatic carbocycles. The van der Waals surface area contributed by atoms with E-state index in [0.29, 0.717) is 24.9 Å². The number of benzene rings is 1. The summed E-state index contributed by atoms with van der Waals surface area (Å²) in [4.78, 5) is 56.2. The number of hydrogen-bond donors (Lipinski definition) is 5. The van der Waals surface area contributed by atoms with E-state index in [0.717, 1.165) is 6.42 Å². The summed E-state index contributed by atoms with van der Waals surface area (Å²) in [6.45, 7) is 10.5. The first-order valence-electron chi connectivity index (χ1n) is 16.9. The zero-order chi connectivity index (χ0) is 36.3. The zero-order valence-electron chi connectivity index (χ0n) is 30.1. The number of carbonyl (C=O) groups is 4. The Kier molecular flexibility index (Phi) is 15.9. The quantitative estimate of drug-likeness (QED) is 0.153. The minimum atomic E-state index is -1.46. The fourth-order valence-electron chi connectivity index (χ4n) is 6.42. The highest BCUT2D eigenvalue weighted by molar-refractivity contribution is 5.88. The first-order chi connectivity index (χ1) is 22.5. The lowest BCUT2D eigenvalue weighted by molar-refractivity contribution is -0.146. The van der Waals surface area contributed by atoms with Crippen molar-refractivity contribution in [2.75, 3.05) is 34.4 Å². The largest absolute Gasteiger partial charge is 0.388 e. The van der Waals surface area contributed by atoms with Gasteiger partial charge in [0, 0.05) is 27.8 Å². The van der Waals surface area contributed by atoms with Crippen molar-refractivity contribution < 1.29 is 38.9 Å². The summed E-state index contributed by atoms with van der Waals surface area (Å²) >= 11 is 0. The molecule has 0 saturated carbocycles. The Morgan fingerprint density at radius 3 is 2.25 bits per heavy atom. The van der Waals surface area contributed by atoms with Crippen molar-refractivity contribution in [1.29, 1.82) is 0 Å². The van der Waals surface area contributed by atoms with Crippen LogP contribution in [0.15, 0.2) is 30.3 Å². The molecule has 1 aliphatic rings. The van der Waals surface area contributed by atoms with Crippen LogP contribution in [0.4, 0.5) is 0 Å². The van der Waals surface area contributed by atoms with Crippen LogP contribution < -0.4 is 16.4 Å². The lowest BCUT2D eigenvalue weighted by Gasteiger charge is -2.39. The standard InChI is InChI=1S/C35H59N5O8/c1-10-21(2)29(39(7)28(42)20-37-34(45)32(36)35(5,6)46)26(47-8)19-27(41)40-18-14-17-25(40)31(48-9)22(3)33(44)38-23(4)30(43)24-15-12-11-13-16-24/h11-13,15-16,21-23,25-26,29-32,43,46H,10,14,17-20,36H2,1-9H3,(H,37,45)(H,38,44). The van der Waals surface area contributed by atoms with Gasteiger partial charge in [-0.3, -0.25) is 19.2 Å². The number of amides is 4. The van der Waals surface area contributed by atoms with Crippen molar-refractivity contribution in [3.05, 3.63) is 35.9 Å². The molecule has 13 nitrogen and oxygen atoms in total. The molecule has 0 radical (unpaired) electrons. The molecule has 0 spiro atoms. The maximum atomic E-state index is 13.9. The topological polar surface area (TPSA) is 184 Å². The number of carbonyl (C=O) groups excluding carboxylic acids is 4. The number of nitrogens with two attached hydrogens (primary N) is 1. The second kappa shape index (κ2) is 18.6. The Morgan fingerprint density at radius 1 is 1.08 bits per heavy atom. The monoisotopic (exact) mass is 677 g/mol. The number of likely N-dealkylation sites (tertiary alicyclic amines) is 1. The normalized spacial score (nSPS) is 20.1. The van der Waals surface area contributed by atoms with E-state index in [4.69, 9.17) is 15.2 Å². The zero-order valence-corrected chi connectivity index (χ0v) is 30.1. The Bertz CT molecular complexity index is 1200. The van der Waals surface area contributed by atoms with Crippen molar-refractivity contribution >= 4 is 23.6 Å². The molecular weight excluding hydrogens is 618 g/mol. The molecular formula is C35H59N5O8. The Hall–Kier alpha value is -3.10. The van der Waals surface area contributed by atoms with Crippen LogP contribution >= 0.6 is 0 Å². The summed E-state index contributed by atoms with van der Waals surface area (Å²) in [5, 5.41) is 26.2. The van der Waals surface area contributed by atoms with E-state index in [1.807, 2.05) is 32.0 Å². The Balaban J connectivity index is 2.14. The van der Waals surface area contributed by atoms with Crippen molar-refractivity contribution in [2.24, 2.45) is 17.6 Å². The summed E-state index contributed by atoms with van der Waals surface area (Å²) in [6, 6.07) is 6.51.